The maximum Gasteiger partial charge on any atom is 0.260 e. The Kier molecular flexibility index (Phi) is 10.9. The summed E-state index contributed by atoms with van der Waals surface area (Å²) in [6.45, 7) is 7.91. The minimum Gasteiger partial charge on any atom is -0.484 e. The van der Waals surface area contributed by atoms with Crippen LogP contribution in [0.3, 0.4) is 0 Å². The minimum atomic E-state index is -0.415. The molecule has 224 valence electrons. The second kappa shape index (κ2) is 14.8. The van der Waals surface area contributed by atoms with Crippen LogP contribution >= 0.6 is 0 Å². The Morgan fingerprint density at radius 3 is 2.50 bits per heavy atom. The SMILES string of the molecule is CC(C)CN1CCCN(C(=O)COc2cccc(N(C)C)c2)Cc2cc(F)ccc2N(C(=O)c2cccnc2)CCC1. The Morgan fingerprint density at radius 1 is 1.00 bits per heavy atom. The van der Waals surface area contributed by atoms with Gasteiger partial charge in [0, 0.05) is 70.1 Å². The van der Waals surface area contributed by atoms with Gasteiger partial charge in [-0.05, 0) is 79.9 Å². The van der Waals surface area contributed by atoms with E-state index < -0.39 is 5.82 Å². The molecule has 2 amide bonds. The number of hydrogen-bond acceptors (Lipinski definition) is 6. The maximum absolute atomic E-state index is 14.6. The molecular formula is C33H42FN5O3. The first-order valence-corrected chi connectivity index (χ1v) is 14.6. The van der Waals surface area contributed by atoms with Gasteiger partial charge in [0.2, 0.25) is 0 Å². The van der Waals surface area contributed by atoms with E-state index in [2.05, 4.69) is 23.7 Å². The number of nitrogens with zero attached hydrogens (tertiary/aromatic N) is 5. The average Bonchev–Trinajstić information content (AvgIpc) is 2.97. The molecule has 0 fully saturated rings. The molecule has 4 rings (SSSR count). The van der Waals surface area contributed by atoms with E-state index in [9.17, 15) is 14.0 Å². The van der Waals surface area contributed by atoms with Crippen molar-refractivity contribution in [2.24, 2.45) is 5.92 Å². The minimum absolute atomic E-state index is 0.143. The number of benzene rings is 2. The molecule has 0 aliphatic carbocycles. The predicted octanol–water partition coefficient (Wildman–Crippen LogP) is 5.09. The molecule has 2 aromatic carbocycles. The van der Waals surface area contributed by atoms with Gasteiger partial charge in [-0.1, -0.05) is 19.9 Å². The summed E-state index contributed by atoms with van der Waals surface area (Å²) in [7, 11) is 3.89. The van der Waals surface area contributed by atoms with Gasteiger partial charge in [-0.15, -0.1) is 0 Å². The lowest BCUT2D eigenvalue weighted by Gasteiger charge is -2.32. The summed E-state index contributed by atoms with van der Waals surface area (Å²) in [6, 6.07) is 15.5. The molecule has 1 aromatic heterocycles. The molecule has 0 saturated carbocycles. The van der Waals surface area contributed by atoms with Crippen LogP contribution in [0.4, 0.5) is 15.8 Å². The molecule has 9 heteroatoms. The fraction of sp³-hybridized carbons (Fsp3) is 0.424. The highest BCUT2D eigenvalue weighted by Gasteiger charge is 2.25. The molecule has 8 nitrogen and oxygen atoms in total. The van der Waals surface area contributed by atoms with E-state index in [0.29, 0.717) is 41.6 Å². The number of carbonyl (C=O) groups is 2. The van der Waals surface area contributed by atoms with Crippen LogP contribution in [-0.4, -0.2) is 80.0 Å². The molecule has 0 N–H and O–H groups in total. The Labute approximate surface area is 248 Å². The standard InChI is InChI=1S/C33H42FN5O3/c1-25(2)22-37-15-7-17-38(32(40)24-42-30-11-5-10-29(20-30)36(3)4)23-27-19-28(34)12-13-31(27)39(18-8-16-37)33(41)26-9-6-14-35-21-26/h5-6,9-14,19-21,25H,7-8,15-18,22-24H2,1-4H3. The highest BCUT2D eigenvalue weighted by atomic mass is 19.1. The number of ether oxygens (including phenoxy) is 1. The lowest BCUT2D eigenvalue weighted by molar-refractivity contribution is -0.134. The average molecular weight is 576 g/mol. The number of hydrogen-bond donors (Lipinski definition) is 0. The topological polar surface area (TPSA) is 69.2 Å². The van der Waals surface area contributed by atoms with Gasteiger partial charge >= 0.3 is 0 Å². The normalized spacial score (nSPS) is 15.0. The van der Waals surface area contributed by atoms with Crippen LogP contribution in [0, 0.1) is 11.7 Å². The third kappa shape index (κ3) is 8.52. The fourth-order valence-electron chi connectivity index (χ4n) is 5.25. The van der Waals surface area contributed by atoms with Crippen molar-refractivity contribution in [1.29, 1.82) is 0 Å². The molecule has 0 unspecified atom stereocenters. The maximum atomic E-state index is 14.6. The smallest absolute Gasteiger partial charge is 0.260 e. The zero-order valence-electron chi connectivity index (χ0n) is 25.1. The number of pyridine rings is 1. The Balaban J connectivity index is 1.64. The number of fused-ring (bicyclic) bond motifs is 1. The number of anilines is 2. The zero-order valence-corrected chi connectivity index (χ0v) is 25.1. The summed E-state index contributed by atoms with van der Waals surface area (Å²) in [5, 5.41) is 0. The molecule has 3 aromatic rings. The third-order valence-electron chi connectivity index (χ3n) is 7.28. The fourth-order valence-corrected chi connectivity index (χ4v) is 5.25. The molecule has 1 aliphatic heterocycles. The van der Waals surface area contributed by atoms with Gasteiger partial charge in [0.1, 0.15) is 11.6 Å². The van der Waals surface area contributed by atoms with Crippen LogP contribution in [0.5, 0.6) is 5.75 Å². The lowest BCUT2D eigenvalue weighted by Crippen LogP contribution is -2.40. The molecule has 0 radical (unpaired) electrons. The molecule has 0 atom stereocenters. The summed E-state index contributed by atoms with van der Waals surface area (Å²) >= 11 is 0. The van der Waals surface area contributed by atoms with E-state index in [1.807, 2.05) is 43.3 Å². The molecule has 0 saturated heterocycles. The monoisotopic (exact) mass is 575 g/mol. The van der Waals surface area contributed by atoms with Crippen molar-refractivity contribution in [3.05, 3.63) is 83.9 Å². The summed E-state index contributed by atoms with van der Waals surface area (Å²) in [5.74, 6) is 0.274. The summed E-state index contributed by atoms with van der Waals surface area (Å²) in [5.41, 5.74) is 2.60. The Bertz CT molecular complexity index is 1330. The summed E-state index contributed by atoms with van der Waals surface area (Å²) < 4.78 is 20.5. The van der Waals surface area contributed by atoms with Crippen LogP contribution < -0.4 is 14.5 Å². The largest absolute Gasteiger partial charge is 0.484 e. The third-order valence-corrected chi connectivity index (χ3v) is 7.28. The van der Waals surface area contributed by atoms with Crippen LogP contribution in [0.1, 0.15) is 42.6 Å². The number of amides is 2. The van der Waals surface area contributed by atoms with E-state index in [1.54, 1.807) is 40.4 Å². The van der Waals surface area contributed by atoms with Crippen LogP contribution in [0.25, 0.3) is 0 Å². The van der Waals surface area contributed by atoms with Crippen molar-refractivity contribution >= 4 is 23.2 Å². The second-order valence-corrected chi connectivity index (χ2v) is 11.4. The van der Waals surface area contributed by atoms with Crippen LogP contribution in [0.2, 0.25) is 0 Å². The van der Waals surface area contributed by atoms with Gasteiger partial charge in [-0.25, -0.2) is 4.39 Å². The zero-order chi connectivity index (χ0) is 30.1. The first kappa shape index (κ1) is 31.0. The summed E-state index contributed by atoms with van der Waals surface area (Å²) in [6.07, 6.45) is 4.71. The van der Waals surface area contributed by atoms with E-state index in [-0.39, 0.29) is 25.0 Å². The quantitative estimate of drug-likeness (QED) is 0.391. The number of aromatic nitrogens is 1. The van der Waals surface area contributed by atoms with Crippen LogP contribution in [-0.2, 0) is 11.3 Å². The molecule has 1 aliphatic rings. The molecule has 0 bridgehead atoms. The van der Waals surface area contributed by atoms with Crippen molar-refractivity contribution in [1.82, 2.24) is 14.8 Å². The Hall–Kier alpha value is -3.98. The Morgan fingerprint density at radius 2 is 1.79 bits per heavy atom. The molecule has 2 heterocycles. The first-order valence-electron chi connectivity index (χ1n) is 14.6. The van der Waals surface area contributed by atoms with E-state index >= 15 is 0 Å². The lowest BCUT2D eigenvalue weighted by atomic mass is 10.1. The highest BCUT2D eigenvalue weighted by molar-refractivity contribution is 6.06. The van der Waals surface area contributed by atoms with Crippen molar-refractivity contribution in [2.45, 2.75) is 33.2 Å². The van der Waals surface area contributed by atoms with Crippen molar-refractivity contribution < 1.29 is 18.7 Å². The van der Waals surface area contributed by atoms with Gasteiger partial charge < -0.3 is 24.3 Å². The van der Waals surface area contributed by atoms with E-state index in [1.165, 1.54) is 12.1 Å². The van der Waals surface area contributed by atoms with E-state index in [4.69, 9.17) is 4.74 Å². The van der Waals surface area contributed by atoms with Crippen molar-refractivity contribution in [2.75, 3.05) is 63.2 Å². The molecule has 0 spiro atoms. The van der Waals surface area contributed by atoms with Gasteiger partial charge in [0.15, 0.2) is 6.61 Å². The first-order chi connectivity index (χ1) is 20.2. The van der Waals surface area contributed by atoms with Gasteiger partial charge in [0.25, 0.3) is 11.8 Å². The number of halogens is 1. The highest BCUT2D eigenvalue weighted by Crippen LogP contribution is 2.27. The van der Waals surface area contributed by atoms with Gasteiger partial charge in [-0.2, -0.15) is 0 Å². The van der Waals surface area contributed by atoms with E-state index in [0.717, 1.165) is 38.2 Å². The second-order valence-electron chi connectivity index (χ2n) is 11.4. The molecule has 42 heavy (non-hydrogen) atoms. The van der Waals surface area contributed by atoms with Crippen LogP contribution in [0.15, 0.2) is 67.0 Å². The number of rotatable bonds is 7. The predicted molar refractivity (Wildman–Crippen MR) is 165 cm³/mol. The van der Waals surface area contributed by atoms with Gasteiger partial charge in [-0.3, -0.25) is 14.6 Å². The van der Waals surface area contributed by atoms with Crippen molar-refractivity contribution in [3.63, 3.8) is 0 Å². The summed E-state index contributed by atoms with van der Waals surface area (Å²) in [4.78, 5) is 39.3. The number of carbonyl (C=O) groups excluding carboxylic acids is 2. The van der Waals surface area contributed by atoms with Crippen molar-refractivity contribution in [3.8, 4) is 5.75 Å². The molecular weight excluding hydrogens is 533 g/mol. The van der Waals surface area contributed by atoms with Gasteiger partial charge in [0.05, 0.1) is 5.56 Å².